The maximum absolute atomic E-state index is 6.49. The first-order valence-electron chi connectivity index (χ1n) is 17.1. The minimum Gasteiger partial charge on any atom is -0.456 e. The first kappa shape index (κ1) is 30.1. The Kier molecular flexibility index (Phi) is 7.25. The zero-order chi connectivity index (χ0) is 34.4. The summed E-state index contributed by atoms with van der Waals surface area (Å²) in [5.41, 5.74) is 10.8. The summed E-state index contributed by atoms with van der Waals surface area (Å²) in [5.74, 6) is 1.79. The van der Waals surface area contributed by atoms with Crippen LogP contribution in [0, 0.1) is 0 Å². The number of rotatable bonds is 6. The van der Waals surface area contributed by atoms with Crippen molar-refractivity contribution in [2.24, 2.45) is 0 Å². The van der Waals surface area contributed by atoms with Crippen LogP contribution in [-0.4, -0.2) is 19.9 Å². The number of furan rings is 1. The maximum atomic E-state index is 6.49. The number of hydrogen-bond acceptors (Lipinski definition) is 6. The summed E-state index contributed by atoms with van der Waals surface area (Å²) in [6.45, 7) is 0. The highest BCUT2D eigenvalue weighted by Crippen LogP contribution is 2.38. The fraction of sp³-hybridized carbons (Fsp3) is 0. The second-order valence-electron chi connectivity index (χ2n) is 12.7. The zero-order valence-electron chi connectivity index (χ0n) is 27.8. The van der Waals surface area contributed by atoms with Gasteiger partial charge >= 0.3 is 0 Å². The van der Waals surface area contributed by atoms with Gasteiger partial charge in [0.2, 0.25) is 0 Å². The van der Waals surface area contributed by atoms with Crippen LogP contribution in [0.5, 0.6) is 0 Å². The van der Waals surface area contributed by atoms with Crippen molar-refractivity contribution in [3.63, 3.8) is 0 Å². The third-order valence-corrected chi connectivity index (χ3v) is 10.4. The van der Waals surface area contributed by atoms with E-state index in [4.69, 9.17) is 24.4 Å². The van der Waals surface area contributed by atoms with Crippen LogP contribution < -0.4 is 0 Å². The van der Waals surface area contributed by atoms with Gasteiger partial charge in [0, 0.05) is 39.1 Å². The molecule has 0 unspecified atom stereocenters. The molecular formula is C46H28N4OS. The number of benzene rings is 7. The average molecular weight is 685 g/mol. The van der Waals surface area contributed by atoms with Crippen molar-refractivity contribution in [1.82, 2.24) is 19.9 Å². The van der Waals surface area contributed by atoms with Crippen LogP contribution in [-0.2, 0) is 0 Å². The molecule has 0 aliphatic carbocycles. The molecule has 10 rings (SSSR count). The van der Waals surface area contributed by atoms with E-state index in [1.54, 1.807) is 11.3 Å². The number of nitrogens with zero attached hydrogens (tertiary/aromatic N) is 4. The first-order chi connectivity index (χ1) is 25.7. The van der Waals surface area contributed by atoms with Crippen molar-refractivity contribution in [2.75, 3.05) is 0 Å². The van der Waals surface area contributed by atoms with Crippen LogP contribution in [0.25, 0.3) is 99.1 Å². The molecule has 10 aromatic rings. The Morgan fingerprint density at radius 3 is 1.40 bits per heavy atom. The molecule has 52 heavy (non-hydrogen) atoms. The van der Waals surface area contributed by atoms with E-state index in [0.717, 1.165) is 81.7 Å². The molecule has 3 heterocycles. The summed E-state index contributed by atoms with van der Waals surface area (Å²) in [5, 5.41) is 3.10. The zero-order valence-corrected chi connectivity index (χ0v) is 28.6. The number of thiazole rings is 1. The lowest BCUT2D eigenvalue weighted by Crippen LogP contribution is -2.00. The van der Waals surface area contributed by atoms with E-state index in [1.807, 2.05) is 42.5 Å². The molecule has 0 amide bonds. The minimum absolute atomic E-state index is 0.577. The molecule has 0 aliphatic rings. The van der Waals surface area contributed by atoms with Crippen LogP contribution in [0.2, 0.25) is 0 Å². The Morgan fingerprint density at radius 1 is 0.346 bits per heavy atom. The molecule has 0 bridgehead atoms. The van der Waals surface area contributed by atoms with E-state index in [1.165, 1.54) is 0 Å². The fourth-order valence-electron chi connectivity index (χ4n) is 6.74. The van der Waals surface area contributed by atoms with Crippen LogP contribution >= 0.6 is 11.3 Å². The Balaban J connectivity index is 1.10. The molecule has 3 aromatic heterocycles. The van der Waals surface area contributed by atoms with E-state index in [-0.39, 0.29) is 0 Å². The summed E-state index contributed by atoms with van der Waals surface area (Å²) in [7, 11) is 0. The predicted molar refractivity (Wildman–Crippen MR) is 213 cm³/mol. The van der Waals surface area contributed by atoms with Crippen molar-refractivity contribution in [3.8, 4) is 67.0 Å². The topological polar surface area (TPSA) is 64.7 Å². The van der Waals surface area contributed by atoms with E-state index in [2.05, 4.69) is 127 Å². The smallest absolute Gasteiger partial charge is 0.164 e. The first-order valence-corrected chi connectivity index (χ1v) is 17.9. The molecule has 5 nitrogen and oxygen atoms in total. The summed E-state index contributed by atoms with van der Waals surface area (Å²) in [6.07, 6.45) is 0. The lowest BCUT2D eigenvalue weighted by molar-refractivity contribution is 0.669. The van der Waals surface area contributed by atoms with Gasteiger partial charge in [-0.3, -0.25) is 0 Å². The Labute approximate surface area is 303 Å². The van der Waals surface area contributed by atoms with Gasteiger partial charge in [-0.1, -0.05) is 133 Å². The second-order valence-corrected chi connectivity index (χ2v) is 13.7. The van der Waals surface area contributed by atoms with Crippen molar-refractivity contribution in [2.45, 2.75) is 0 Å². The fourth-order valence-corrected chi connectivity index (χ4v) is 7.73. The van der Waals surface area contributed by atoms with Gasteiger partial charge in [-0.2, -0.15) is 0 Å². The number of hydrogen-bond donors (Lipinski definition) is 0. The van der Waals surface area contributed by atoms with Crippen LogP contribution in [0.15, 0.2) is 174 Å². The second kappa shape index (κ2) is 12.5. The molecule has 0 saturated carbocycles. The van der Waals surface area contributed by atoms with Gasteiger partial charge in [-0.15, -0.1) is 11.3 Å². The van der Waals surface area contributed by atoms with Crippen LogP contribution in [0.4, 0.5) is 0 Å². The monoisotopic (exact) mass is 684 g/mol. The SMILES string of the molecule is c1ccc(-c2cccc(-c3nc(-c4cccc(-c5ccccc5)c4)nc(-c4ccc5c(c4)oc4cc6nc(-c7ccccc7)sc6cc45)n3)c2)cc1. The molecule has 6 heteroatoms. The van der Waals surface area contributed by atoms with E-state index in [0.29, 0.717) is 17.5 Å². The average Bonchev–Trinajstić information content (AvgIpc) is 3.81. The van der Waals surface area contributed by atoms with E-state index < -0.39 is 0 Å². The molecule has 0 spiro atoms. The van der Waals surface area contributed by atoms with Crippen molar-refractivity contribution in [1.29, 1.82) is 0 Å². The molecule has 7 aromatic carbocycles. The molecule has 0 fully saturated rings. The van der Waals surface area contributed by atoms with E-state index >= 15 is 0 Å². The van der Waals surface area contributed by atoms with Gasteiger partial charge in [0.15, 0.2) is 17.5 Å². The third kappa shape index (κ3) is 5.52. The number of fused-ring (bicyclic) bond motifs is 4. The molecule has 0 N–H and O–H groups in total. The lowest BCUT2D eigenvalue weighted by atomic mass is 10.0. The summed E-state index contributed by atoms with van der Waals surface area (Å²) < 4.78 is 7.62. The van der Waals surface area contributed by atoms with Crippen molar-refractivity contribution in [3.05, 3.63) is 170 Å². The van der Waals surface area contributed by atoms with Gasteiger partial charge in [0.25, 0.3) is 0 Å². The number of aromatic nitrogens is 4. The Bertz CT molecular complexity index is 2800. The van der Waals surface area contributed by atoms with Gasteiger partial charge in [-0.05, 0) is 52.6 Å². The van der Waals surface area contributed by atoms with Crippen LogP contribution in [0.3, 0.4) is 0 Å². The highest BCUT2D eigenvalue weighted by atomic mass is 32.1. The van der Waals surface area contributed by atoms with Gasteiger partial charge in [-0.25, -0.2) is 19.9 Å². The van der Waals surface area contributed by atoms with Gasteiger partial charge in [0.05, 0.1) is 10.2 Å². The summed E-state index contributed by atoms with van der Waals surface area (Å²) >= 11 is 1.70. The van der Waals surface area contributed by atoms with Gasteiger partial charge < -0.3 is 4.42 Å². The molecule has 0 radical (unpaired) electrons. The molecule has 0 atom stereocenters. The van der Waals surface area contributed by atoms with E-state index in [9.17, 15) is 0 Å². The molecule has 244 valence electrons. The Hall–Kier alpha value is -6.76. The standard InChI is InChI=1S/C46H28N4OS/c1-4-12-29(13-5-1)32-18-10-20-34(24-32)43-48-44(35-21-11-19-33(25-35)30-14-6-2-7-15-30)50-45(49-43)36-22-23-37-38-27-42-39(28-41(38)51-40(37)26-36)47-46(52-42)31-16-8-3-9-17-31/h1-28H. The quantitative estimate of drug-likeness (QED) is 0.174. The van der Waals surface area contributed by atoms with Crippen molar-refractivity contribution < 1.29 is 4.42 Å². The minimum atomic E-state index is 0.577. The van der Waals surface area contributed by atoms with Gasteiger partial charge in [0.1, 0.15) is 16.2 Å². The largest absolute Gasteiger partial charge is 0.456 e. The highest BCUT2D eigenvalue weighted by Gasteiger charge is 2.17. The predicted octanol–water partition coefficient (Wildman–Crippen LogP) is 12.4. The highest BCUT2D eigenvalue weighted by molar-refractivity contribution is 7.21. The molecular weight excluding hydrogens is 657 g/mol. The lowest BCUT2D eigenvalue weighted by Gasteiger charge is -2.10. The molecule has 0 saturated heterocycles. The third-order valence-electron chi connectivity index (χ3n) is 9.35. The summed E-state index contributed by atoms with van der Waals surface area (Å²) in [6, 6.07) is 58.2. The molecule has 0 aliphatic heterocycles. The summed E-state index contributed by atoms with van der Waals surface area (Å²) in [4.78, 5) is 20.2. The van der Waals surface area contributed by atoms with Crippen LogP contribution in [0.1, 0.15) is 0 Å². The van der Waals surface area contributed by atoms with Crippen molar-refractivity contribution >= 4 is 43.5 Å². The normalized spacial score (nSPS) is 11.5. The maximum Gasteiger partial charge on any atom is 0.164 e. The Morgan fingerprint density at radius 2 is 0.827 bits per heavy atom.